The van der Waals surface area contributed by atoms with E-state index < -0.39 is 0 Å². The molecule has 1 amide bonds. The van der Waals surface area contributed by atoms with Crippen LogP contribution in [0.1, 0.15) is 22.2 Å². The molecule has 0 aliphatic rings. The second-order valence-electron chi connectivity index (χ2n) is 4.11. The molecule has 2 rings (SSSR count). The number of hydrogen-bond acceptors (Lipinski definition) is 3. The van der Waals surface area contributed by atoms with Crippen LogP contribution in [0.3, 0.4) is 0 Å². The van der Waals surface area contributed by atoms with Gasteiger partial charge in [-0.25, -0.2) is 0 Å². The Bertz CT molecular complexity index is 569. The fourth-order valence-electron chi connectivity index (χ4n) is 1.80. The fourth-order valence-corrected chi connectivity index (χ4v) is 2.73. The molecule has 1 aromatic carbocycles. The van der Waals surface area contributed by atoms with Crippen molar-refractivity contribution in [3.63, 3.8) is 0 Å². The standard InChI is InChI=1S/C14H15ClN2OS/c1-2-17(9-10-5-4-8-19-10)14(18)11-6-3-7-12(16)13(11)15/h3-8H,2,9,16H2,1H3. The zero-order chi connectivity index (χ0) is 13.8. The number of nitrogens with zero attached hydrogens (tertiary/aromatic N) is 1. The molecule has 0 unspecified atom stereocenters. The molecule has 0 atom stereocenters. The quantitative estimate of drug-likeness (QED) is 0.875. The molecule has 0 saturated carbocycles. The average Bonchev–Trinajstić information content (AvgIpc) is 2.91. The van der Waals surface area contributed by atoms with E-state index in [1.807, 2.05) is 24.4 Å². The summed E-state index contributed by atoms with van der Waals surface area (Å²) >= 11 is 7.74. The second kappa shape index (κ2) is 6.08. The zero-order valence-electron chi connectivity index (χ0n) is 10.6. The van der Waals surface area contributed by atoms with Crippen molar-refractivity contribution >= 4 is 34.5 Å². The number of rotatable bonds is 4. The van der Waals surface area contributed by atoms with E-state index in [1.54, 1.807) is 34.4 Å². The molecule has 19 heavy (non-hydrogen) atoms. The topological polar surface area (TPSA) is 46.3 Å². The highest BCUT2D eigenvalue weighted by molar-refractivity contribution is 7.09. The van der Waals surface area contributed by atoms with Gasteiger partial charge < -0.3 is 10.6 Å². The summed E-state index contributed by atoms with van der Waals surface area (Å²) in [6.07, 6.45) is 0. The summed E-state index contributed by atoms with van der Waals surface area (Å²) in [6.45, 7) is 3.17. The molecule has 2 N–H and O–H groups in total. The van der Waals surface area contributed by atoms with Gasteiger partial charge in [0.25, 0.3) is 5.91 Å². The van der Waals surface area contributed by atoms with Crippen molar-refractivity contribution in [1.29, 1.82) is 0 Å². The summed E-state index contributed by atoms with van der Waals surface area (Å²) in [6, 6.07) is 9.13. The number of carbonyl (C=O) groups excluding carboxylic acids is 1. The van der Waals surface area contributed by atoms with Gasteiger partial charge in [0.15, 0.2) is 0 Å². The van der Waals surface area contributed by atoms with Gasteiger partial charge in [-0.1, -0.05) is 23.7 Å². The highest BCUT2D eigenvalue weighted by atomic mass is 35.5. The molecule has 1 heterocycles. The van der Waals surface area contributed by atoms with Crippen LogP contribution in [0.2, 0.25) is 5.02 Å². The maximum atomic E-state index is 12.5. The lowest BCUT2D eigenvalue weighted by Crippen LogP contribution is -2.30. The maximum Gasteiger partial charge on any atom is 0.255 e. The Hall–Kier alpha value is -1.52. The van der Waals surface area contributed by atoms with E-state index in [9.17, 15) is 4.79 Å². The molecule has 2 aromatic rings. The Morgan fingerprint density at radius 3 is 2.79 bits per heavy atom. The summed E-state index contributed by atoms with van der Waals surface area (Å²) in [5.74, 6) is -0.0896. The first kappa shape index (κ1) is 13.9. The molecular weight excluding hydrogens is 280 g/mol. The third-order valence-electron chi connectivity index (χ3n) is 2.85. The second-order valence-corrected chi connectivity index (χ2v) is 5.52. The van der Waals surface area contributed by atoms with Crippen molar-refractivity contribution in [3.8, 4) is 0 Å². The van der Waals surface area contributed by atoms with Crippen LogP contribution in [-0.4, -0.2) is 17.4 Å². The minimum absolute atomic E-state index is 0.0896. The highest BCUT2D eigenvalue weighted by Gasteiger charge is 2.18. The van der Waals surface area contributed by atoms with E-state index in [2.05, 4.69) is 0 Å². The first-order valence-corrected chi connectivity index (χ1v) is 7.25. The smallest absolute Gasteiger partial charge is 0.255 e. The lowest BCUT2D eigenvalue weighted by atomic mass is 10.1. The lowest BCUT2D eigenvalue weighted by Gasteiger charge is -2.21. The van der Waals surface area contributed by atoms with Crippen LogP contribution < -0.4 is 5.73 Å². The highest BCUT2D eigenvalue weighted by Crippen LogP contribution is 2.25. The van der Waals surface area contributed by atoms with Crippen molar-refractivity contribution < 1.29 is 4.79 Å². The average molecular weight is 295 g/mol. The lowest BCUT2D eigenvalue weighted by molar-refractivity contribution is 0.0754. The molecule has 3 nitrogen and oxygen atoms in total. The largest absolute Gasteiger partial charge is 0.398 e. The first-order chi connectivity index (χ1) is 9.13. The van der Waals surface area contributed by atoms with E-state index in [0.717, 1.165) is 4.88 Å². The number of carbonyl (C=O) groups is 1. The predicted molar refractivity (Wildman–Crippen MR) is 80.6 cm³/mol. The minimum atomic E-state index is -0.0896. The first-order valence-electron chi connectivity index (χ1n) is 5.99. The van der Waals surface area contributed by atoms with E-state index in [1.165, 1.54) is 0 Å². The van der Waals surface area contributed by atoms with Gasteiger partial charge in [-0.2, -0.15) is 0 Å². The Labute approximate surface area is 121 Å². The third kappa shape index (κ3) is 3.08. The molecule has 0 saturated heterocycles. The minimum Gasteiger partial charge on any atom is -0.398 e. The summed E-state index contributed by atoms with van der Waals surface area (Å²) in [5.41, 5.74) is 6.62. The van der Waals surface area contributed by atoms with E-state index in [-0.39, 0.29) is 5.91 Å². The maximum absolute atomic E-state index is 12.5. The third-order valence-corrected chi connectivity index (χ3v) is 4.14. The molecule has 0 aliphatic heterocycles. The Morgan fingerprint density at radius 2 is 2.16 bits per heavy atom. The predicted octanol–water partition coefficient (Wildman–Crippen LogP) is 3.65. The van der Waals surface area contributed by atoms with Gasteiger partial charge in [0, 0.05) is 11.4 Å². The number of anilines is 1. The number of amides is 1. The van der Waals surface area contributed by atoms with Crippen LogP contribution in [0.15, 0.2) is 35.7 Å². The number of hydrogen-bond donors (Lipinski definition) is 1. The molecular formula is C14H15ClN2OS. The van der Waals surface area contributed by atoms with Gasteiger partial charge in [0.2, 0.25) is 0 Å². The number of thiophene rings is 1. The molecule has 0 aliphatic carbocycles. The molecule has 0 bridgehead atoms. The normalized spacial score (nSPS) is 10.4. The fraction of sp³-hybridized carbons (Fsp3) is 0.214. The van der Waals surface area contributed by atoms with Crippen molar-refractivity contribution in [3.05, 3.63) is 51.2 Å². The molecule has 1 aromatic heterocycles. The SMILES string of the molecule is CCN(Cc1cccs1)C(=O)c1cccc(N)c1Cl. The van der Waals surface area contributed by atoms with Crippen LogP contribution in [0, 0.1) is 0 Å². The monoisotopic (exact) mass is 294 g/mol. The molecule has 0 spiro atoms. The van der Waals surface area contributed by atoms with Crippen molar-refractivity contribution in [2.45, 2.75) is 13.5 Å². The number of nitrogen functional groups attached to an aromatic ring is 1. The molecule has 100 valence electrons. The van der Waals surface area contributed by atoms with Crippen LogP contribution >= 0.6 is 22.9 Å². The van der Waals surface area contributed by atoms with Gasteiger partial charge in [-0.3, -0.25) is 4.79 Å². The van der Waals surface area contributed by atoms with Crippen LogP contribution in [-0.2, 0) is 6.54 Å². The zero-order valence-corrected chi connectivity index (χ0v) is 12.2. The van der Waals surface area contributed by atoms with Gasteiger partial charge in [0.1, 0.15) is 0 Å². The van der Waals surface area contributed by atoms with Crippen molar-refractivity contribution in [1.82, 2.24) is 4.90 Å². The van der Waals surface area contributed by atoms with E-state index in [4.69, 9.17) is 17.3 Å². The summed E-state index contributed by atoms with van der Waals surface area (Å²) in [4.78, 5) is 15.4. The Balaban J connectivity index is 2.23. The van der Waals surface area contributed by atoms with Crippen LogP contribution in [0.25, 0.3) is 0 Å². The number of halogens is 1. The number of nitrogens with two attached hydrogens (primary N) is 1. The van der Waals surface area contributed by atoms with Crippen molar-refractivity contribution in [2.75, 3.05) is 12.3 Å². The van der Waals surface area contributed by atoms with Gasteiger partial charge in [-0.05, 0) is 30.5 Å². The Morgan fingerprint density at radius 1 is 1.37 bits per heavy atom. The molecule has 5 heteroatoms. The van der Waals surface area contributed by atoms with E-state index in [0.29, 0.717) is 29.4 Å². The van der Waals surface area contributed by atoms with Gasteiger partial charge in [-0.15, -0.1) is 11.3 Å². The van der Waals surface area contributed by atoms with E-state index >= 15 is 0 Å². The summed E-state index contributed by atoms with van der Waals surface area (Å²) < 4.78 is 0. The van der Waals surface area contributed by atoms with Crippen molar-refractivity contribution in [2.24, 2.45) is 0 Å². The summed E-state index contributed by atoms with van der Waals surface area (Å²) in [5, 5.41) is 2.33. The van der Waals surface area contributed by atoms with Gasteiger partial charge >= 0.3 is 0 Å². The molecule has 0 radical (unpaired) electrons. The van der Waals surface area contributed by atoms with Crippen LogP contribution in [0.5, 0.6) is 0 Å². The number of benzene rings is 1. The van der Waals surface area contributed by atoms with Crippen LogP contribution in [0.4, 0.5) is 5.69 Å². The molecule has 0 fully saturated rings. The van der Waals surface area contributed by atoms with Gasteiger partial charge in [0.05, 0.1) is 22.8 Å². The summed E-state index contributed by atoms with van der Waals surface area (Å²) in [7, 11) is 0. The Kier molecular flexibility index (Phi) is 4.45.